The van der Waals surface area contributed by atoms with Gasteiger partial charge in [-0.1, -0.05) is 0 Å². The molecule has 0 aromatic heterocycles. The van der Waals surface area contributed by atoms with Crippen molar-refractivity contribution in [2.45, 2.75) is 39.7 Å². The smallest absolute Gasteiger partial charge is 0.409 e. The van der Waals surface area contributed by atoms with Gasteiger partial charge in [0.15, 0.2) is 0 Å². The van der Waals surface area contributed by atoms with E-state index in [1.165, 1.54) is 0 Å². The molecular formula is C12H22N2O3. The number of nitrogens with one attached hydrogen (secondary N) is 1. The Balaban J connectivity index is 2.35. The van der Waals surface area contributed by atoms with Crippen LogP contribution in [-0.4, -0.2) is 42.6 Å². The van der Waals surface area contributed by atoms with E-state index >= 15 is 0 Å². The molecule has 1 heterocycles. The second kappa shape index (κ2) is 6.47. The third kappa shape index (κ3) is 4.24. The quantitative estimate of drug-likeness (QED) is 0.813. The second-order valence-electron chi connectivity index (χ2n) is 4.62. The van der Waals surface area contributed by atoms with E-state index in [4.69, 9.17) is 4.74 Å². The Hall–Kier alpha value is -1.26. The minimum absolute atomic E-state index is 0.0306. The summed E-state index contributed by atoms with van der Waals surface area (Å²) in [5, 5.41) is 2.91. The van der Waals surface area contributed by atoms with Crippen LogP contribution in [-0.2, 0) is 9.53 Å². The molecule has 5 nitrogen and oxygen atoms in total. The molecule has 5 heteroatoms. The lowest BCUT2D eigenvalue weighted by Gasteiger charge is -2.30. The van der Waals surface area contributed by atoms with Gasteiger partial charge in [-0.15, -0.1) is 0 Å². The number of rotatable bonds is 3. The van der Waals surface area contributed by atoms with Crippen molar-refractivity contribution in [3.63, 3.8) is 0 Å². The summed E-state index contributed by atoms with van der Waals surface area (Å²) in [5.41, 5.74) is 0. The molecule has 0 radical (unpaired) electrons. The second-order valence-corrected chi connectivity index (χ2v) is 4.62. The predicted molar refractivity (Wildman–Crippen MR) is 64.6 cm³/mol. The molecule has 2 amide bonds. The lowest BCUT2D eigenvalue weighted by molar-refractivity contribution is -0.126. The minimum Gasteiger partial charge on any atom is -0.450 e. The summed E-state index contributed by atoms with van der Waals surface area (Å²) < 4.78 is 4.93. The zero-order valence-corrected chi connectivity index (χ0v) is 10.9. The average molecular weight is 242 g/mol. The van der Waals surface area contributed by atoms with Crippen LogP contribution in [0.2, 0.25) is 0 Å². The molecule has 0 atom stereocenters. The van der Waals surface area contributed by atoms with E-state index in [1.54, 1.807) is 11.8 Å². The molecule has 1 fully saturated rings. The third-order valence-electron chi connectivity index (χ3n) is 2.82. The molecule has 0 bridgehead atoms. The highest BCUT2D eigenvalue weighted by molar-refractivity contribution is 5.79. The van der Waals surface area contributed by atoms with E-state index in [0.29, 0.717) is 19.7 Å². The molecule has 17 heavy (non-hydrogen) atoms. The van der Waals surface area contributed by atoms with E-state index in [-0.39, 0.29) is 24.0 Å². The van der Waals surface area contributed by atoms with Crippen LogP contribution < -0.4 is 5.32 Å². The number of nitrogens with zero attached hydrogens (tertiary/aromatic N) is 1. The molecule has 1 aliphatic heterocycles. The standard InChI is InChI=1S/C12H22N2O3/c1-4-17-12(16)14-7-5-10(6-8-14)11(15)13-9(2)3/h9-10H,4-8H2,1-3H3,(H,13,15). The summed E-state index contributed by atoms with van der Waals surface area (Å²) in [6.45, 7) is 7.30. The summed E-state index contributed by atoms with van der Waals surface area (Å²) in [4.78, 5) is 24.9. The summed E-state index contributed by atoms with van der Waals surface area (Å²) in [6, 6.07) is 0.172. The highest BCUT2D eigenvalue weighted by Crippen LogP contribution is 2.18. The normalized spacial score (nSPS) is 17.1. The molecule has 0 spiro atoms. The number of likely N-dealkylation sites (tertiary alicyclic amines) is 1. The van der Waals surface area contributed by atoms with Crippen molar-refractivity contribution in [3.05, 3.63) is 0 Å². The summed E-state index contributed by atoms with van der Waals surface area (Å²) >= 11 is 0. The number of piperidine rings is 1. The highest BCUT2D eigenvalue weighted by atomic mass is 16.6. The van der Waals surface area contributed by atoms with Crippen molar-refractivity contribution in [2.75, 3.05) is 19.7 Å². The monoisotopic (exact) mass is 242 g/mol. The van der Waals surface area contributed by atoms with Gasteiger partial charge in [0.25, 0.3) is 0 Å². The van der Waals surface area contributed by atoms with Crippen LogP contribution in [0, 0.1) is 5.92 Å². The van der Waals surface area contributed by atoms with Gasteiger partial charge in [0, 0.05) is 25.0 Å². The van der Waals surface area contributed by atoms with Crippen molar-refractivity contribution in [3.8, 4) is 0 Å². The maximum absolute atomic E-state index is 11.8. The Morgan fingerprint density at radius 2 is 1.94 bits per heavy atom. The van der Waals surface area contributed by atoms with Crippen molar-refractivity contribution in [2.24, 2.45) is 5.92 Å². The van der Waals surface area contributed by atoms with Crippen LogP contribution >= 0.6 is 0 Å². The van der Waals surface area contributed by atoms with Crippen LogP contribution in [0.15, 0.2) is 0 Å². The molecule has 0 aromatic carbocycles. The van der Waals surface area contributed by atoms with Crippen LogP contribution in [0.25, 0.3) is 0 Å². The van der Waals surface area contributed by atoms with Gasteiger partial charge >= 0.3 is 6.09 Å². The van der Waals surface area contributed by atoms with Gasteiger partial charge < -0.3 is 15.0 Å². The van der Waals surface area contributed by atoms with Gasteiger partial charge in [-0.2, -0.15) is 0 Å². The SMILES string of the molecule is CCOC(=O)N1CCC(C(=O)NC(C)C)CC1. The van der Waals surface area contributed by atoms with E-state index in [9.17, 15) is 9.59 Å². The van der Waals surface area contributed by atoms with Crippen molar-refractivity contribution in [1.82, 2.24) is 10.2 Å². The fraction of sp³-hybridized carbons (Fsp3) is 0.833. The van der Waals surface area contributed by atoms with Crippen LogP contribution in [0.5, 0.6) is 0 Å². The number of carbonyl (C=O) groups excluding carboxylic acids is 2. The van der Waals surface area contributed by atoms with Gasteiger partial charge in [0.2, 0.25) is 5.91 Å². The first kappa shape index (κ1) is 13.8. The maximum Gasteiger partial charge on any atom is 0.409 e. The highest BCUT2D eigenvalue weighted by Gasteiger charge is 2.27. The Morgan fingerprint density at radius 3 is 2.41 bits per heavy atom. The molecule has 98 valence electrons. The third-order valence-corrected chi connectivity index (χ3v) is 2.82. The van der Waals surface area contributed by atoms with Crippen LogP contribution in [0.4, 0.5) is 4.79 Å². The first-order valence-corrected chi connectivity index (χ1v) is 6.26. The van der Waals surface area contributed by atoms with Crippen molar-refractivity contribution >= 4 is 12.0 Å². The first-order valence-electron chi connectivity index (χ1n) is 6.26. The van der Waals surface area contributed by atoms with Gasteiger partial charge in [-0.3, -0.25) is 4.79 Å². The van der Waals surface area contributed by atoms with Crippen molar-refractivity contribution in [1.29, 1.82) is 0 Å². The van der Waals surface area contributed by atoms with E-state index < -0.39 is 0 Å². The number of ether oxygens (including phenoxy) is 1. The number of hydrogen-bond acceptors (Lipinski definition) is 3. The molecule has 1 N–H and O–H groups in total. The largest absolute Gasteiger partial charge is 0.450 e. The zero-order valence-electron chi connectivity index (χ0n) is 10.9. The Kier molecular flexibility index (Phi) is 5.25. The van der Waals surface area contributed by atoms with Gasteiger partial charge in [-0.05, 0) is 33.6 Å². The molecule has 1 saturated heterocycles. The summed E-state index contributed by atoms with van der Waals surface area (Å²) in [6.07, 6.45) is 1.17. The molecular weight excluding hydrogens is 220 g/mol. The topological polar surface area (TPSA) is 58.6 Å². The minimum atomic E-state index is -0.268. The van der Waals surface area contributed by atoms with Gasteiger partial charge in [0.1, 0.15) is 0 Å². The maximum atomic E-state index is 11.8. The predicted octanol–water partition coefficient (Wildman–Crippen LogP) is 1.38. The Morgan fingerprint density at radius 1 is 1.35 bits per heavy atom. The lowest BCUT2D eigenvalue weighted by Crippen LogP contribution is -2.44. The van der Waals surface area contributed by atoms with Crippen LogP contribution in [0.1, 0.15) is 33.6 Å². The van der Waals surface area contributed by atoms with E-state index in [1.807, 2.05) is 13.8 Å². The zero-order chi connectivity index (χ0) is 12.8. The Bertz CT molecular complexity index is 271. The molecule has 0 aromatic rings. The van der Waals surface area contributed by atoms with E-state index in [2.05, 4.69) is 5.32 Å². The molecule has 1 aliphatic rings. The number of hydrogen-bond donors (Lipinski definition) is 1. The van der Waals surface area contributed by atoms with Gasteiger partial charge in [-0.25, -0.2) is 4.79 Å². The first-order chi connectivity index (χ1) is 8.04. The molecule has 0 aliphatic carbocycles. The average Bonchev–Trinajstić information content (AvgIpc) is 2.28. The van der Waals surface area contributed by atoms with E-state index in [0.717, 1.165) is 12.8 Å². The molecule has 1 rings (SSSR count). The fourth-order valence-electron chi connectivity index (χ4n) is 1.94. The fourth-order valence-corrected chi connectivity index (χ4v) is 1.94. The number of amides is 2. The molecule has 0 saturated carbocycles. The van der Waals surface area contributed by atoms with Crippen molar-refractivity contribution < 1.29 is 14.3 Å². The number of carbonyl (C=O) groups is 2. The lowest BCUT2D eigenvalue weighted by atomic mass is 9.96. The van der Waals surface area contributed by atoms with Gasteiger partial charge in [0.05, 0.1) is 6.61 Å². The molecule has 0 unspecified atom stereocenters. The van der Waals surface area contributed by atoms with Crippen LogP contribution in [0.3, 0.4) is 0 Å². The summed E-state index contributed by atoms with van der Waals surface area (Å²) in [5.74, 6) is 0.131. The Labute approximate surface area is 102 Å². The summed E-state index contributed by atoms with van der Waals surface area (Å²) in [7, 11) is 0.